The lowest BCUT2D eigenvalue weighted by Crippen LogP contribution is -2.49. The number of hydrogen-bond donors (Lipinski definition) is 10. The van der Waals surface area contributed by atoms with Gasteiger partial charge in [-0.1, -0.05) is 0 Å². The molecule has 29 heteroatoms. The first-order chi connectivity index (χ1) is 30.3. The third-order valence-electron chi connectivity index (χ3n) is 8.11. The van der Waals surface area contributed by atoms with Crippen molar-refractivity contribution in [2.24, 2.45) is 11.5 Å². The van der Waals surface area contributed by atoms with Crippen molar-refractivity contribution in [1.29, 1.82) is 10.5 Å². The number of nitrogens with zero attached hydrogens (tertiary/aromatic N) is 6. The quantitative estimate of drug-likeness (QED) is 0.0249. The topological polar surface area (TPSA) is 434 Å². The second kappa shape index (κ2) is 28.6. The summed E-state index contributed by atoms with van der Waals surface area (Å²) in [5, 5.41) is 66.3. The van der Waals surface area contributed by atoms with Gasteiger partial charge in [-0.15, -0.1) is 23.5 Å². The molecule has 0 saturated carbocycles. The Morgan fingerprint density at radius 2 is 1.17 bits per heavy atom. The number of Topliss-reactive ketones (excluding diaryl/α,β-unsaturated/α-hetero) is 1. The fraction of sp³-hybridized carbons (Fsp3) is 0.457. The maximum Gasteiger partial charge on any atom is 0.322 e. The molecule has 0 fully saturated rings. The Morgan fingerprint density at radius 3 is 1.66 bits per heavy atom. The van der Waals surface area contributed by atoms with E-state index < -0.39 is 114 Å². The number of aromatic nitrogens is 4. The summed E-state index contributed by atoms with van der Waals surface area (Å²) >= 11 is 3.20. The van der Waals surface area contributed by atoms with Crippen LogP contribution in [0.25, 0.3) is 0 Å². The zero-order valence-electron chi connectivity index (χ0n) is 33.3. The molecular weight excluding hydrogens is 925 g/mol. The molecular formula is C35H42N12O13S4. The molecule has 2 heterocycles. The number of carboxylic acids is 4. The molecule has 2 aromatic rings. The number of nitrogens with one attached hydrogen (secondary N) is 4. The van der Waals surface area contributed by atoms with E-state index in [0.717, 1.165) is 29.9 Å². The average molecular weight is 967 g/mol. The van der Waals surface area contributed by atoms with Gasteiger partial charge in [0.2, 0.25) is 23.6 Å². The normalized spacial score (nSPS) is 13.5. The van der Waals surface area contributed by atoms with Gasteiger partial charge in [-0.3, -0.25) is 43.2 Å². The van der Waals surface area contributed by atoms with Gasteiger partial charge in [0.15, 0.2) is 0 Å². The molecule has 2 rings (SSSR count). The van der Waals surface area contributed by atoms with Crippen molar-refractivity contribution in [2.75, 3.05) is 24.6 Å². The molecule has 0 radical (unpaired) electrons. The number of rotatable bonds is 30. The summed E-state index contributed by atoms with van der Waals surface area (Å²) in [5.41, 5.74) is 11.2. The number of hydrogen-bond acceptors (Lipinski definition) is 21. The smallest absolute Gasteiger partial charge is 0.322 e. The predicted molar refractivity (Wildman–Crippen MR) is 226 cm³/mol. The Morgan fingerprint density at radius 1 is 0.688 bits per heavy atom. The van der Waals surface area contributed by atoms with Crippen LogP contribution in [0.4, 0.5) is 0 Å². The summed E-state index contributed by atoms with van der Waals surface area (Å²) in [4.78, 5) is 128. The van der Waals surface area contributed by atoms with Crippen LogP contribution in [0.1, 0.15) is 60.5 Å². The first-order valence-electron chi connectivity index (χ1n) is 18.4. The van der Waals surface area contributed by atoms with Crippen molar-refractivity contribution >= 4 is 100 Å². The zero-order chi connectivity index (χ0) is 47.8. The van der Waals surface area contributed by atoms with E-state index in [1.54, 1.807) is 0 Å². The summed E-state index contributed by atoms with van der Waals surface area (Å²) in [6, 6.07) is -2.81. The van der Waals surface area contributed by atoms with Crippen molar-refractivity contribution in [2.45, 2.75) is 83.2 Å². The lowest BCUT2D eigenvalue weighted by atomic mass is 10.1. The summed E-state index contributed by atoms with van der Waals surface area (Å²) < 4.78 is 0. The van der Waals surface area contributed by atoms with Gasteiger partial charge in [0.05, 0.1) is 16.2 Å². The summed E-state index contributed by atoms with van der Waals surface area (Å²) in [5.74, 6) is -10.1. The Bertz CT molecular complexity index is 1970. The Hall–Kier alpha value is -6.11. The van der Waals surface area contributed by atoms with E-state index >= 15 is 0 Å². The minimum Gasteiger partial charge on any atom is -0.480 e. The standard InChI is InChI=1S/C35H42N12O13S4/c36-14-63-27-5-6-40-31(47-27)24(62-13-22(33(56)42-11-30(53)54)46-26(50)4-2-19(39)35(59)60)8-17(48)7-23(20-9-28(64-15-37)44-16-43-20)61-12-21(32(55)41-10-29(51)52)45-25(49)3-1-18(38)34(57)58/h5-6,9,16,18-19,21-24H,1-4,7-8,10-13,38-39H2,(H,41,55)(H,42,56)(H,45,49)(H,46,50)(H,51,52)(H,53,54)(H,57,58)(H,59,60). The molecule has 12 N–H and O–H groups in total. The lowest BCUT2D eigenvalue weighted by molar-refractivity contribution is -0.140. The van der Waals surface area contributed by atoms with Gasteiger partial charge in [-0.25, -0.2) is 19.9 Å². The maximum absolute atomic E-state index is 14.1. The number of ketones is 1. The van der Waals surface area contributed by atoms with Crippen LogP contribution in [0.3, 0.4) is 0 Å². The molecule has 0 spiro atoms. The fourth-order valence-corrected chi connectivity index (χ4v) is 8.16. The largest absolute Gasteiger partial charge is 0.480 e. The third kappa shape index (κ3) is 20.8. The molecule has 0 aliphatic carbocycles. The first kappa shape index (κ1) is 54.0. The Labute approximate surface area is 380 Å². The van der Waals surface area contributed by atoms with E-state index in [0.29, 0.717) is 23.5 Å². The van der Waals surface area contributed by atoms with Gasteiger partial charge in [0.25, 0.3) is 0 Å². The first-order valence-corrected chi connectivity index (χ1v) is 22.1. The van der Waals surface area contributed by atoms with Crippen molar-refractivity contribution < 1.29 is 63.6 Å². The number of amides is 4. The number of aliphatic carboxylic acids is 4. The van der Waals surface area contributed by atoms with Crippen LogP contribution in [0, 0.1) is 21.3 Å². The number of nitriles is 2. The number of carbonyl (C=O) groups excluding carboxylic acids is 5. The van der Waals surface area contributed by atoms with E-state index in [9.17, 15) is 53.7 Å². The third-order valence-corrected chi connectivity index (χ3v) is 11.8. The van der Waals surface area contributed by atoms with E-state index in [1.165, 1.54) is 18.3 Å². The molecule has 4 amide bonds. The fourth-order valence-electron chi connectivity index (χ4n) is 4.93. The molecule has 64 heavy (non-hydrogen) atoms. The van der Waals surface area contributed by atoms with Crippen molar-refractivity contribution in [1.82, 2.24) is 41.2 Å². The van der Waals surface area contributed by atoms with Crippen LogP contribution in [-0.4, -0.2) is 142 Å². The summed E-state index contributed by atoms with van der Waals surface area (Å²) in [6.07, 6.45) is 0.272. The molecule has 2 aromatic heterocycles. The van der Waals surface area contributed by atoms with E-state index in [2.05, 4.69) is 41.2 Å². The number of carboxylic acid groups (broad SMARTS) is 4. The highest BCUT2D eigenvalue weighted by Gasteiger charge is 2.30. The zero-order valence-corrected chi connectivity index (χ0v) is 36.5. The average Bonchev–Trinajstić information content (AvgIpc) is 3.24. The van der Waals surface area contributed by atoms with Crippen molar-refractivity contribution in [3.8, 4) is 10.8 Å². The van der Waals surface area contributed by atoms with Crippen LogP contribution in [0.5, 0.6) is 0 Å². The van der Waals surface area contributed by atoms with Crippen LogP contribution in [0.2, 0.25) is 0 Å². The van der Waals surface area contributed by atoms with E-state index in [-0.39, 0.29) is 58.8 Å². The summed E-state index contributed by atoms with van der Waals surface area (Å²) in [6.45, 7) is -1.64. The number of thioether (sulfide) groups is 4. The predicted octanol–water partition coefficient (Wildman–Crippen LogP) is -1.23. The van der Waals surface area contributed by atoms with Crippen molar-refractivity contribution in [3.05, 3.63) is 36.2 Å². The summed E-state index contributed by atoms with van der Waals surface area (Å²) in [7, 11) is 0. The highest BCUT2D eigenvalue weighted by Crippen LogP contribution is 2.37. The second-order valence-electron chi connectivity index (χ2n) is 12.9. The molecule has 344 valence electrons. The minimum absolute atomic E-state index is 0.0153. The molecule has 0 saturated heterocycles. The Kier molecular flexibility index (Phi) is 24.1. The van der Waals surface area contributed by atoms with Gasteiger partial charge in [-0.2, -0.15) is 10.5 Å². The van der Waals surface area contributed by atoms with Crippen LogP contribution >= 0.6 is 47.0 Å². The van der Waals surface area contributed by atoms with Gasteiger partial charge in [-0.05, 0) is 25.0 Å². The van der Waals surface area contributed by atoms with Crippen LogP contribution in [0.15, 0.2) is 34.7 Å². The second-order valence-corrected chi connectivity index (χ2v) is 17.0. The van der Waals surface area contributed by atoms with Crippen LogP contribution in [-0.2, 0) is 43.2 Å². The highest BCUT2D eigenvalue weighted by atomic mass is 32.2. The SMILES string of the molecule is N#CSc1cc(C(CC(=O)CC(SCC(NC(=O)CCC(N)C(=O)O)C(=O)NCC(=O)O)c2nccc(SC#N)n2)SCC(NC(=O)CCC(N)C(=O)O)C(=O)NCC(=O)O)ncn1. The molecule has 25 nitrogen and oxygen atoms in total. The number of nitrogens with two attached hydrogens (primary N) is 2. The van der Waals surface area contributed by atoms with Gasteiger partial charge < -0.3 is 53.2 Å². The highest BCUT2D eigenvalue weighted by molar-refractivity contribution is 8.04. The number of carbonyl (C=O) groups is 9. The van der Waals surface area contributed by atoms with Gasteiger partial charge in [0, 0.05) is 66.9 Å². The maximum atomic E-state index is 14.1. The van der Waals surface area contributed by atoms with Gasteiger partial charge in [0.1, 0.15) is 76.0 Å². The lowest BCUT2D eigenvalue weighted by Gasteiger charge is -2.23. The van der Waals surface area contributed by atoms with E-state index in [1.807, 2.05) is 10.8 Å². The molecule has 6 unspecified atom stereocenters. The number of thiocyanates is 2. The molecule has 0 aliphatic rings. The van der Waals surface area contributed by atoms with E-state index in [4.69, 9.17) is 31.9 Å². The molecule has 0 bridgehead atoms. The molecule has 0 aliphatic heterocycles. The Balaban J connectivity index is 2.49. The van der Waals surface area contributed by atoms with Crippen molar-refractivity contribution in [3.63, 3.8) is 0 Å². The van der Waals surface area contributed by atoms with Crippen LogP contribution < -0.4 is 32.7 Å². The molecule has 0 aromatic carbocycles. The monoisotopic (exact) mass is 966 g/mol. The van der Waals surface area contributed by atoms with Gasteiger partial charge >= 0.3 is 23.9 Å². The molecule has 6 atom stereocenters. The minimum atomic E-state index is -1.44.